The van der Waals surface area contributed by atoms with Crippen LogP contribution in [0.25, 0.3) is 10.2 Å². The van der Waals surface area contributed by atoms with E-state index in [1.165, 1.54) is 10.9 Å². The Kier molecular flexibility index (Phi) is 3.19. The Bertz CT molecular complexity index is 832. The summed E-state index contributed by atoms with van der Waals surface area (Å²) in [5, 5.41) is 0.341. The van der Waals surface area contributed by atoms with Gasteiger partial charge in [0.1, 0.15) is 4.83 Å². The zero-order valence-corrected chi connectivity index (χ0v) is 12.1. The number of aromatic nitrogens is 2. The largest absolute Gasteiger partial charge is 0.302 e. The van der Waals surface area contributed by atoms with Crippen LogP contribution in [-0.2, 0) is 17.1 Å². The molecule has 0 bridgehead atoms. The second kappa shape index (κ2) is 4.42. The number of sulfonamides is 1. The molecule has 1 amide bonds. The number of carbonyl (C=O) groups excluding carboxylic acids is 1. The maximum atomic E-state index is 11.9. The molecule has 0 aromatic carbocycles. The van der Waals surface area contributed by atoms with Crippen LogP contribution in [0.1, 0.15) is 15.2 Å². The summed E-state index contributed by atoms with van der Waals surface area (Å²) < 4.78 is 25.3. The average Bonchev–Trinajstić information content (AvgIpc) is 2.60. The molecule has 2 rings (SSSR count). The molecule has 1 N–H and O–H groups in total. The first-order chi connectivity index (χ1) is 8.70. The summed E-state index contributed by atoms with van der Waals surface area (Å²) in [6.45, 7) is 1.60. The molecule has 19 heavy (non-hydrogen) atoms. The van der Waals surface area contributed by atoms with E-state index in [9.17, 15) is 18.0 Å². The van der Waals surface area contributed by atoms with E-state index in [4.69, 9.17) is 0 Å². The molecule has 0 unspecified atom stereocenters. The van der Waals surface area contributed by atoms with Gasteiger partial charge in [0.25, 0.3) is 11.5 Å². The predicted octanol–water partition coefficient (Wildman–Crippen LogP) is -0.00718. The van der Waals surface area contributed by atoms with Crippen molar-refractivity contribution in [3.8, 4) is 0 Å². The minimum atomic E-state index is -3.64. The Balaban J connectivity index is 2.64. The van der Waals surface area contributed by atoms with Crippen LogP contribution >= 0.6 is 11.3 Å². The van der Waals surface area contributed by atoms with Crippen molar-refractivity contribution in [2.75, 3.05) is 6.26 Å². The van der Waals surface area contributed by atoms with Gasteiger partial charge in [-0.1, -0.05) is 0 Å². The summed E-state index contributed by atoms with van der Waals surface area (Å²) in [5.74, 6) is -0.745. The molecule has 0 aliphatic carbocycles. The third kappa shape index (κ3) is 2.51. The second-order valence-electron chi connectivity index (χ2n) is 4.10. The second-order valence-corrected chi connectivity index (χ2v) is 6.85. The number of rotatable bonds is 2. The predicted molar refractivity (Wildman–Crippen MR) is 71.9 cm³/mol. The average molecular weight is 301 g/mol. The van der Waals surface area contributed by atoms with E-state index >= 15 is 0 Å². The molecule has 7 nitrogen and oxygen atoms in total. The van der Waals surface area contributed by atoms with Crippen molar-refractivity contribution in [3.05, 3.63) is 27.1 Å². The zero-order valence-electron chi connectivity index (χ0n) is 10.4. The molecule has 2 aromatic heterocycles. The number of carbonyl (C=O) groups is 1. The summed E-state index contributed by atoms with van der Waals surface area (Å²) >= 11 is 0.995. The van der Waals surface area contributed by atoms with E-state index in [0.29, 0.717) is 15.8 Å². The highest BCUT2D eigenvalue weighted by Gasteiger charge is 2.20. The van der Waals surface area contributed by atoms with Gasteiger partial charge in [0.2, 0.25) is 10.0 Å². The van der Waals surface area contributed by atoms with Crippen molar-refractivity contribution in [2.45, 2.75) is 6.92 Å². The lowest BCUT2D eigenvalue weighted by molar-refractivity contribution is 0.0985. The highest BCUT2D eigenvalue weighted by molar-refractivity contribution is 7.89. The molecule has 2 aromatic rings. The van der Waals surface area contributed by atoms with Gasteiger partial charge in [-0.05, 0) is 12.5 Å². The molecule has 0 aliphatic heterocycles. The third-order valence-electron chi connectivity index (χ3n) is 2.49. The maximum Gasteiger partial charge on any atom is 0.275 e. The van der Waals surface area contributed by atoms with Crippen LogP contribution in [0.2, 0.25) is 0 Å². The first kappa shape index (κ1) is 13.7. The first-order valence-corrected chi connectivity index (χ1v) is 7.88. The number of fused-ring (bicyclic) bond motifs is 1. The first-order valence-electron chi connectivity index (χ1n) is 5.17. The molecule has 0 saturated carbocycles. The van der Waals surface area contributed by atoms with E-state index in [0.717, 1.165) is 17.6 Å². The molecule has 0 atom stereocenters. The van der Waals surface area contributed by atoms with Crippen molar-refractivity contribution < 1.29 is 13.2 Å². The quantitative estimate of drug-likeness (QED) is 0.841. The number of nitrogens with one attached hydrogen (secondary N) is 1. The number of nitrogens with zero attached hydrogens (tertiary/aromatic N) is 2. The summed E-state index contributed by atoms with van der Waals surface area (Å²) in [5.41, 5.74) is 0.173. The molecule has 0 saturated heterocycles. The van der Waals surface area contributed by atoms with Gasteiger partial charge in [-0.2, -0.15) is 0 Å². The highest BCUT2D eigenvalue weighted by Crippen LogP contribution is 2.26. The molecule has 0 fully saturated rings. The molecule has 102 valence electrons. The van der Waals surface area contributed by atoms with Crippen molar-refractivity contribution >= 4 is 37.5 Å². The van der Waals surface area contributed by atoms with Crippen LogP contribution in [0.4, 0.5) is 0 Å². The maximum absolute atomic E-state index is 11.9. The van der Waals surface area contributed by atoms with Crippen LogP contribution in [-0.4, -0.2) is 30.1 Å². The van der Waals surface area contributed by atoms with Gasteiger partial charge < -0.3 is 4.57 Å². The fraction of sp³-hybridized carbons (Fsp3) is 0.300. The fourth-order valence-corrected chi connectivity index (χ4v) is 3.18. The number of aryl methyl sites for hydroxylation is 2. The lowest BCUT2D eigenvalue weighted by Crippen LogP contribution is -2.29. The Hall–Kier alpha value is -1.74. The van der Waals surface area contributed by atoms with Gasteiger partial charge in [-0.25, -0.2) is 18.1 Å². The van der Waals surface area contributed by atoms with Crippen molar-refractivity contribution in [3.63, 3.8) is 0 Å². The number of hydrogen-bond acceptors (Lipinski definition) is 6. The summed E-state index contributed by atoms with van der Waals surface area (Å²) in [6, 6.07) is 0. The lowest BCUT2D eigenvalue weighted by atomic mass is 10.2. The van der Waals surface area contributed by atoms with E-state index in [1.807, 2.05) is 4.72 Å². The number of amides is 1. The minimum absolute atomic E-state index is 0.177. The van der Waals surface area contributed by atoms with Gasteiger partial charge in [0, 0.05) is 7.05 Å². The Labute approximate surface area is 112 Å². The van der Waals surface area contributed by atoms with Crippen molar-refractivity contribution in [2.24, 2.45) is 7.05 Å². The van der Waals surface area contributed by atoms with Gasteiger partial charge in [-0.3, -0.25) is 9.59 Å². The van der Waals surface area contributed by atoms with E-state index in [1.54, 1.807) is 14.0 Å². The van der Waals surface area contributed by atoms with E-state index in [2.05, 4.69) is 4.98 Å². The van der Waals surface area contributed by atoms with E-state index < -0.39 is 15.9 Å². The van der Waals surface area contributed by atoms with Gasteiger partial charge >= 0.3 is 0 Å². The third-order valence-corrected chi connectivity index (χ3v) is 4.25. The molecular weight excluding hydrogens is 290 g/mol. The number of hydrogen-bond donors (Lipinski definition) is 1. The van der Waals surface area contributed by atoms with Crippen LogP contribution in [0.5, 0.6) is 0 Å². The summed E-state index contributed by atoms with van der Waals surface area (Å²) in [7, 11) is -2.08. The molecule has 0 aliphatic rings. The normalized spacial score (nSPS) is 11.7. The molecule has 2 heterocycles. The van der Waals surface area contributed by atoms with Crippen LogP contribution in [0, 0.1) is 6.92 Å². The molecule has 0 radical (unpaired) electrons. The Morgan fingerprint density at radius 3 is 2.68 bits per heavy atom. The monoisotopic (exact) mass is 301 g/mol. The molecule has 9 heteroatoms. The Morgan fingerprint density at radius 2 is 2.11 bits per heavy atom. The van der Waals surface area contributed by atoms with Crippen molar-refractivity contribution in [1.29, 1.82) is 0 Å². The van der Waals surface area contributed by atoms with E-state index in [-0.39, 0.29) is 10.4 Å². The number of thiophene rings is 1. The van der Waals surface area contributed by atoms with Gasteiger partial charge in [0.05, 0.1) is 22.8 Å². The molecule has 0 spiro atoms. The highest BCUT2D eigenvalue weighted by atomic mass is 32.2. The molecular formula is C10H11N3O4S2. The van der Waals surface area contributed by atoms with Gasteiger partial charge in [-0.15, -0.1) is 11.3 Å². The topological polar surface area (TPSA) is 98.1 Å². The summed E-state index contributed by atoms with van der Waals surface area (Å²) in [6.07, 6.45) is 2.25. The van der Waals surface area contributed by atoms with Crippen LogP contribution in [0.15, 0.2) is 11.1 Å². The zero-order chi connectivity index (χ0) is 14.4. The summed E-state index contributed by atoms with van der Waals surface area (Å²) in [4.78, 5) is 28.4. The van der Waals surface area contributed by atoms with Crippen LogP contribution in [0.3, 0.4) is 0 Å². The van der Waals surface area contributed by atoms with Gasteiger partial charge in [0.15, 0.2) is 0 Å². The van der Waals surface area contributed by atoms with Crippen molar-refractivity contribution in [1.82, 2.24) is 14.3 Å². The minimum Gasteiger partial charge on any atom is -0.302 e. The lowest BCUT2D eigenvalue weighted by Gasteiger charge is -2.00. The SMILES string of the molecule is Cc1c(C(=O)NS(C)(=O)=O)sc2ncn(C)c(=O)c12. The Morgan fingerprint density at radius 1 is 1.47 bits per heavy atom. The fourth-order valence-electron chi connectivity index (χ4n) is 1.64. The standard InChI is InChI=1S/C10H11N3O4S2/c1-5-6-9(11-4-13(2)10(6)15)18-7(5)8(14)12-19(3,16)17/h4H,1-3H3,(H,12,14). The van der Waals surface area contributed by atoms with Crippen LogP contribution < -0.4 is 10.3 Å². The smallest absolute Gasteiger partial charge is 0.275 e.